The molecule has 2 aliphatic carbocycles. The molecule has 3 rings (SSSR count). The second-order valence-corrected chi connectivity index (χ2v) is 9.12. The van der Waals surface area contributed by atoms with E-state index in [9.17, 15) is 9.59 Å². The van der Waals surface area contributed by atoms with E-state index in [1.807, 2.05) is 19.1 Å². The molecule has 0 N–H and O–H groups in total. The van der Waals surface area contributed by atoms with Gasteiger partial charge in [0.15, 0.2) is 0 Å². The average Bonchev–Trinajstić information content (AvgIpc) is 2.79. The molecule has 1 heterocycles. The van der Waals surface area contributed by atoms with Gasteiger partial charge in [0, 0.05) is 6.54 Å². The Hall–Kier alpha value is -1.16. The number of imide groups is 1. The minimum atomic E-state index is -0.303. The Bertz CT molecular complexity index is 569. The molecule has 3 aliphatic rings. The molecule has 0 bridgehead atoms. The van der Waals surface area contributed by atoms with Crippen molar-refractivity contribution in [3.05, 3.63) is 35.5 Å². The third kappa shape index (κ3) is 3.90. The topological polar surface area (TPSA) is 37.4 Å². The van der Waals surface area contributed by atoms with E-state index in [1.165, 1.54) is 43.4 Å². The van der Waals surface area contributed by atoms with Gasteiger partial charge in [-0.3, -0.25) is 14.5 Å². The first-order valence-corrected chi connectivity index (χ1v) is 9.95. The van der Waals surface area contributed by atoms with E-state index in [0.717, 1.165) is 18.8 Å². The van der Waals surface area contributed by atoms with Crippen molar-refractivity contribution in [2.45, 2.75) is 62.6 Å². The van der Waals surface area contributed by atoms with Crippen LogP contribution in [0.1, 0.15) is 58.3 Å². The first kappa shape index (κ1) is 17.7. The molecule has 130 valence electrons. The highest BCUT2D eigenvalue weighted by molar-refractivity contribution is 9.10. The third-order valence-electron chi connectivity index (χ3n) is 5.36. The molecule has 0 aromatic carbocycles. The number of rotatable bonds is 4. The van der Waals surface area contributed by atoms with Crippen LogP contribution in [0.25, 0.3) is 0 Å². The summed E-state index contributed by atoms with van der Waals surface area (Å²) >= 11 is 3.56. The SMILES string of the molecule is CC1(Br)C=CC2=C(C=C1)C(=O)N(CCCC1CCCCCC1)C2=O. The van der Waals surface area contributed by atoms with Crippen molar-refractivity contribution in [2.75, 3.05) is 6.54 Å². The van der Waals surface area contributed by atoms with E-state index < -0.39 is 0 Å². The maximum Gasteiger partial charge on any atom is 0.261 e. The molecule has 0 spiro atoms. The van der Waals surface area contributed by atoms with E-state index in [-0.39, 0.29) is 16.1 Å². The van der Waals surface area contributed by atoms with Crippen molar-refractivity contribution in [1.82, 2.24) is 4.90 Å². The Morgan fingerprint density at radius 3 is 2.12 bits per heavy atom. The highest BCUT2D eigenvalue weighted by Crippen LogP contribution is 2.32. The molecular formula is C20H26BrNO2. The van der Waals surface area contributed by atoms with Gasteiger partial charge in [-0.1, -0.05) is 78.8 Å². The summed E-state index contributed by atoms with van der Waals surface area (Å²) in [6.45, 7) is 2.54. The molecule has 0 saturated heterocycles. The standard InChI is InChI=1S/C20H26BrNO2/c1-20(21)12-10-16-17(11-13-20)19(24)22(18(16)23)14-6-9-15-7-4-2-3-5-8-15/h10-13,15H,2-9,14H2,1H3. The zero-order valence-electron chi connectivity index (χ0n) is 14.4. The maximum absolute atomic E-state index is 12.6. The Morgan fingerprint density at radius 2 is 1.58 bits per heavy atom. The number of allylic oxidation sites excluding steroid dienone is 2. The summed E-state index contributed by atoms with van der Waals surface area (Å²) in [6.07, 6.45) is 17.5. The van der Waals surface area contributed by atoms with Crippen LogP contribution < -0.4 is 0 Å². The van der Waals surface area contributed by atoms with Crippen molar-refractivity contribution in [3.63, 3.8) is 0 Å². The lowest BCUT2D eigenvalue weighted by Crippen LogP contribution is -2.33. The molecule has 0 radical (unpaired) electrons. The van der Waals surface area contributed by atoms with Crippen LogP contribution in [0.3, 0.4) is 0 Å². The highest BCUT2D eigenvalue weighted by Gasteiger charge is 2.36. The van der Waals surface area contributed by atoms with Gasteiger partial charge < -0.3 is 0 Å². The predicted octanol–water partition coefficient (Wildman–Crippen LogP) is 4.68. The van der Waals surface area contributed by atoms with Crippen LogP contribution in [-0.4, -0.2) is 27.6 Å². The molecule has 1 fully saturated rings. The van der Waals surface area contributed by atoms with Crippen molar-refractivity contribution in [2.24, 2.45) is 5.92 Å². The van der Waals surface area contributed by atoms with Crippen LogP contribution in [0.15, 0.2) is 35.5 Å². The number of alkyl halides is 1. The van der Waals surface area contributed by atoms with E-state index in [2.05, 4.69) is 15.9 Å². The lowest BCUT2D eigenvalue weighted by atomic mass is 9.95. The minimum absolute atomic E-state index is 0.137. The van der Waals surface area contributed by atoms with Gasteiger partial charge in [0.05, 0.1) is 15.5 Å². The fourth-order valence-corrected chi connectivity index (χ4v) is 4.14. The van der Waals surface area contributed by atoms with Gasteiger partial charge in [-0.2, -0.15) is 0 Å². The maximum atomic E-state index is 12.6. The summed E-state index contributed by atoms with van der Waals surface area (Å²) in [5.41, 5.74) is 1.07. The quantitative estimate of drug-likeness (QED) is 0.396. The number of hydrogen-bond donors (Lipinski definition) is 0. The molecule has 0 aromatic rings. The predicted molar refractivity (Wildman–Crippen MR) is 99.8 cm³/mol. The van der Waals surface area contributed by atoms with Gasteiger partial charge in [0.2, 0.25) is 0 Å². The summed E-state index contributed by atoms with van der Waals surface area (Å²) in [5.74, 6) is 0.504. The van der Waals surface area contributed by atoms with Crippen molar-refractivity contribution < 1.29 is 9.59 Å². The number of carbonyl (C=O) groups excluding carboxylic acids is 2. The summed E-state index contributed by atoms with van der Waals surface area (Å²) in [5, 5.41) is 0. The highest BCUT2D eigenvalue weighted by atomic mass is 79.9. The molecule has 4 heteroatoms. The fraction of sp³-hybridized carbons (Fsp3) is 0.600. The third-order valence-corrected chi connectivity index (χ3v) is 5.89. The van der Waals surface area contributed by atoms with Crippen molar-refractivity contribution in [1.29, 1.82) is 0 Å². The second-order valence-electron chi connectivity index (χ2n) is 7.41. The number of halogens is 1. The summed E-state index contributed by atoms with van der Waals surface area (Å²) in [7, 11) is 0. The Balaban J connectivity index is 1.58. The fourth-order valence-electron chi connectivity index (χ4n) is 3.88. The van der Waals surface area contributed by atoms with Crippen LogP contribution in [0.2, 0.25) is 0 Å². The largest absolute Gasteiger partial charge is 0.274 e. The van der Waals surface area contributed by atoms with E-state index >= 15 is 0 Å². The van der Waals surface area contributed by atoms with Gasteiger partial charge in [-0.05, 0) is 25.7 Å². The molecule has 2 amide bonds. The smallest absolute Gasteiger partial charge is 0.261 e. The van der Waals surface area contributed by atoms with Crippen LogP contribution in [0, 0.1) is 5.92 Å². The van der Waals surface area contributed by atoms with Crippen molar-refractivity contribution >= 4 is 27.7 Å². The molecule has 1 aliphatic heterocycles. The van der Waals surface area contributed by atoms with Gasteiger partial charge in [0.25, 0.3) is 11.8 Å². The summed E-state index contributed by atoms with van der Waals surface area (Å²) in [4.78, 5) is 26.6. The van der Waals surface area contributed by atoms with Crippen LogP contribution >= 0.6 is 15.9 Å². The number of amides is 2. The Labute approximate surface area is 153 Å². The summed E-state index contributed by atoms with van der Waals surface area (Å²) < 4.78 is -0.303. The molecule has 0 atom stereocenters. The number of nitrogens with zero attached hydrogens (tertiary/aromatic N) is 1. The normalized spacial score (nSPS) is 24.3. The zero-order valence-corrected chi connectivity index (χ0v) is 16.0. The second kappa shape index (κ2) is 7.38. The lowest BCUT2D eigenvalue weighted by Gasteiger charge is -2.18. The molecule has 0 aromatic heterocycles. The molecule has 0 unspecified atom stereocenters. The molecule has 1 saturated carbocycles. The van der Waals surface area contributed by atoms with E-state index in [1.54, 1.807) is 12.2 Å². The first-order valence-electron chi connectivity index (χ1n) is 9.16. The summed E-state index contributed by atoms with van der Waals surface area (Å²) in [6, 6.07) is 0. The Morgan fingerprint density at radius 1 is 1.04 bits per heavy atom. The Kier molecular flexibility index (Phi) is 5.43. The lowest BCUT2D eigenvalue weighted by molar-refractivity contribution is -0.137. The van der Waals surface area contributed by atoms with Gasteiger partial charge in [-0.25, -0.2) is 0 Å². The van der Waals surface area contributed by atoms with Crippen LogP contribution in [0.5, 0.6) is 0 Å². The minimum Gasteiger partial charge on any atom is -0.274 e. The first-order chi connectivity index (χ1) is 11.5. The average molecular weight is 392 g/mol. The van der Waals surface area contributed by atoms with E-state index in [0.29, 0.717) is 17.7 Å². The van der Waals surface area contributed by atoms with Gasteiger partial charge >= 0.3 is 0 Å². The van der Waals surface area contributed by atoms with E-state index in [4.69, 9.17) is 0 Å². The number of carbonyl (C=O) groups is 2. The van der Waals surface area contributed by atoms with Crippen molar-refractivity contribution in [3.8, 4) is 0 Å². The molecule has 3 nitrogen and oxygen atoms in total. The van der Waals surface area contributed by atoms with Gasteiger partial charge in [0.1, 0.15) is 0 Å². The van der Waals surface area contributed by atoms with Crippen LogP contribution in [0.4, 0.5) is 0 Å². The van der Waals surface area contributed by atoms with Crippen LogP contribution in [-0.2, 0) is 9.59 Å². The molecular weight excluding hydrogens is 366 g/mol. The molecule has 24 heavy (non-hydrogen) atoms. The zero-order chi connectivity index (χ0) is 17.2. The van der Waals surface area contributed by atoms with Gasteiger partial charge in [-0.15, -0.1) is 0 Å². The monoisotopic (exact) mass is 391 g/mol. The number of hydrogen-bond acceptors (Lipinski definition) is 2.